The van der Waals surface area contributed by atoms with E-state index in [0.717, 1.165) is 17.7 Å². The lowest BCUT2D eigenvalue weighted by atomic mass is 10.00. The van der Waals surface area contributed by atoms with E-state index in [-0.39, 0.29) is 30.4 Å². The van der Waals surface area contributed by atoms with Crippen LogP contribution in [0.25, 0.3) is 0 Å². The molecule has 4 amide bonds. The van der Waals surface area contributed by atoms with E-state index >= 15 is 0 Å². The maximum atomic E-state index is 13.8. The van der Waals surface area contributed by atoms with Crippen LogP contribution >= 0.6 is 0 Å². The Morgan fingerprint density at radius 3 is 2.59 bits per heavy atom. The van der Waals surface area contributed by atoms with E-state index in [4.69, 9.17) is 9.47 Å². The molecule has 0 saturated carbocycles. The molecule has 39 heavy (non-hydrogen) atoms. The summed E-state index contributed by atoms with van der Waals surface area (Å²) in [6.07, 6.45) is 2.03. The summed E-state index contributed by atoms with van der Waals surface area (Å²) >= 11 is 0. The van der Waals surface area contributed by atoms with Crippen molar-refractivity contribution in [3.05, 3.63) is 29.8 Å². The van der Waals surface area contributed by atoms with Gasteiger partial charge in [0.1, 0.15) is 29.5 Å². The van der Waals surface area contributed by atoms with Crippen molar-refractivity contribution in [2.75, 3.05) is 26.7 Å². The third-order valence-corrected chi connectivity index (χ3v) is 7.59. The number of para-hydroxylation sites is 1. The van der Waals surface area contributed by atoms with Crippen LogP contribution in [0.2, 0.25) is 0 Å². The molecule has 0 spiro atoms. The average molecular weight is 544 g/mol. The lowest BCUT2D eigenvalue weighted by molar-refractivity contribution is -0.144. The number of benzene rings is 1. The van der Waals surface area contributed by atoms with Crippen molar-refractivity contribution in [2.45, 2.75) is 89.2 Å². The molecule has 4 rings (SSSR count). The van der Waals surface area contributed by atoms with Crippen molar-refractivity contribution in [3.8, 4) is 5.75 Å². The molecule has 0 aromatic heterocycles. The van der Waals surface area contributed by atoms with Crippen molar-refractivity contribution >= 4 is 23.8 Å². The topological polar surface area (TPSA) is 129 Å². The second-order valence-corrected chi connectivity index (χ2v) is 11.5. The fourth-order valence-electron chi connectivity index (χ4n) is 5.37. The van der Waals surface area contributed by atoms with Crippen LogP contribution in [0.1, 0.15) is 65.0 Å². The number of hydrogen-bond donors (Lipinski definition) is 3. The van der Waals surface area contributed by atoms with Gasteiger partial charge in [0.2, 0.25) is 17.7 Å². The van der Waals surface area contributed by atoms with Crippen LogP contribution < -0.4 is 20.7 Å². The molecule has 214 valence electrons. The van der Waals surface area contributed by atoms with Gasteiger partial charge in [-0.2, -0.15) is 0 Å². The van der Waals surface area contributed by atoms with Crippen molar-refractivity contribution in [3.63, 3.8) is 0 Å². The van der Waals surface area contributed by atoms with Crippen molar-refractivity contribution < 1.29 is 28.7 Å². The van der Waals surface area contributed by atoms with Crippen LogP contribution in [0.3, 0.4) is 0 Å². The smallest absolute Gasteiger partial charge is 0.410 e. The van der Waals surface area contributed by atoms with Gasteiger partial charge >= 0.3 is 6.09 Å². The lowest BCUT2D eigenvalue weighted by Gasteiger charge is -2.37. The quantitative estimate of drug-likeness (QED) is 0.516. The maximum Gasteiger partial charge on any atom is 0.410 e. The Labute approximate surface area is 229 Å². The second kappa shape index (κ2) is 11.8. The first kappa shape index (κ1) is 28.7. The number of carbonyl (C=O) groups excluding carboxylic acids is 4. The molecular formula is C28H41N5O6. The van der Waals surface area contributed by atoms with Crippen LogP contribution in [0, 0.1) is 0 Å². The number of ether oxygens (including phenoxy) is 2. The molecule has 3 aliphatic heterocycles. The number of nitrogens with one attached hydrogen (secondary N) is 3. The summed E-state index contributed by atoms with van der Waals surface area (Å²) in [6.45, 7) is 8.25. The Kier molecular flexibility index (Phi) is 8.68. The molecule has 0 radical (unpaired) electrons. The number of nitrogens with zero attached hydrogens (tertiary/aromatic N) is 2. The Morgan fingerprint density at radius 2 is 1.85 bits per heavy atom. The molecule has 11 nitrogen and oxygen atoms in total. The fraction of sp³-hybridized carbons (Fsp3) is 0.643. The maximum absolute atomic E-state index is 13.8. The van der Waals surface area contributed by atoms with Crippen LogP contribution in [-0.4, -0.2) is 90.1 Å². The number of carbonyl (C=O) groups is 4. The van der Waals surface area contributed by atoms with E-state index in [9.17, 15) is 19.2 Å². The van der Waals surface area contributed by atoms with Gasteiger partial charge in [0.05, 0.1) is 12.6 Å². The molecular weight excluding hydrogens is 502 g/mol. The van der Waals surface area contributed by atoms with Gasteiger partial charge in [-0.05, 0) is 59.6 Å². The summed E-state index contributed by atoms with van der Waals surface area (Å²) in [5.41, 5.74) is 0.233. The van der Waals surface area contributed by atoms with Crippen LogP contribution in [0.5, 0.6) is 5.75 Å². The van der Waals surface area contributed by atoms with E-state index < -0.39 is 35.7 Å². The largest absolute Gasteiger partial charge is 0.493 e. The van der Waals surface area contributed by atoms with Gasteiger partial charge in [0, 0.05) is 31.6 Å². The lowest BCUT2D eigenvalue weighted by Crippen LogP contribution is -2.61. The molecule has 5 atom stereocenters. The van der Waals surface area contributed by atoms with E-state index in [1.54, 1.807) is 32.6 Å². The zero-order valence-electron chi connectivity index (χ0n) is 23.5. The Hall–Kier alpha value is -3.34. The highest BCUT2D eigenvalue weighted by atomic mass is 16.6. The molecule has 11 heteroatoms. The summed E-state index contributed by atoms with van der Waals surface area (Å²) in [7, 11) is 1.49. The molecule has 3 aliphatic rings. The minimum atomic E-state index is -0.869. The van der Waals surface area contributed by atoms with Crippen molar-refractivity contribution in [1.82, 2.24) is 25.8 Å². The average Bonchev–Trinajstić information content (AvgIpc) is 3.30. The van der Waals surface area contributed by atoms with Crippen LogP contribution in [0.15, 0.2) is 24.3 Å². The number of likely N-dealkylation sites (N-methyl/N-ethyl adjacent to an activating group) is 1. The van der Waals surface area contributed by atoms with E-state index in [2.05, 4.69) is 16.0 Å². The van der Waals surface area contributed by atoms with Gasteiger partial charge in [0.25, 0.3) is 0 Å². The molecule has 1 aromatic rings. The zero-order valence-corrected chi connectivity index (χ0v) is 23.5. The van der Waals surface area contributed by atoms with Gasteiger partial charge in [-0.15, -0.1) is 0 Å². The summed E-state index contributed by atoms with van der Waals surface area (Å²) < 4.78 is 11.1. The standard InChI is InChI=1S/C28H41N5O6/c1-17(32(5)27(37)39-28(2,3)4)24(34)31-21-16-29-14-12-18-10-11-22(33(18)26(21)36)25(35)30-20-13-15-38-23-9-7-6-8-19(20)23/h6-9,17-18,20-22,29H,10-16H2,1-5H3,(H,30,35)(H,31,34)/t17-,18+,20+,21-,22-/m0/s1. The van der Waals surface area contributed by atoms with E-state index in [0.29, 0.717) is 32.4 Å². The molecule has 1 aromatic carbocycles. The zero-order chi connectivity index (χ0) is 28.3. The first-order valence-corrected chi connectivity index (χ1v) is 13.8. The highest BCUT2D eigenvalue weighted by molar-refractivity contribution is 5.94. The molecule has 2 saturated heterocycles. The predicted molar refractivity (Wildman–Crippen MR) is 144 cm³/mol. The van der Waals surface area contributed by atoms with Crippen molar-refractivity contribution in [1.29, 1.82) is 0 Å². The minimum Gasteiger partial charge on any atom is -0.493 e. The Morgan fingerprint density at radius 1 is 1.10 bits per heavy atom. The summed E-state index contributed by atoms with van der Waals surface area (Å²) in [5, 5.41) is 9.21. The summed E-state index contributed by atoms with van der Waals surface area (Å²) in [6, 6.07) is 5.04. The second-order valence-electron chi connectivity index (χ2n) is 11.5. The summed E-state index contributed by atoms with van der Waals surface area (Å²) in [5.74, 6) is -0.193. The highest BCUT2D eigenvalue weighted by Gasteiger charge is 2.45. The number of rotatable bonds is 5. The van der Waals surface area contributed by atoms with Gasteiger partial charge in [0.15, 0.2) is 0 Å². The number of hydrogen-bond acceptors (Lipinski definition) is 7. The third kappa shape index (κ3) is 6.63. The number of amides is 4. The fourth-order valence-corrected chi connectivity index (χ4v) is 5.37. The Bertz CT molecular complexity index is 1090. The normalized spacial score (nSPS) is 25.7. The molecule has 0 bridgehead atoms. The number of fused-ring (bicyclic) bond motifs is 2. The Balaban J connectivity index is 1.44. The van der Waals surface area contributed by atoms with Crippen LogP contribution in [-0.2, 0) is 19.1 Å². The van der Waals surface area contributed by atoms with Crippen LogP contribution in [0.4, 0.5) is 4.79 Å². The van der Waals surface area contributed by atoms with E-state index in [1.165, 1.54) is 11.9 Å². The minimum absolute atomic E-state index is 0.0933. The monoisotopic (exact) mass is 543 g/mol. The third-order valence-electron chi connectivity index (χ3n) is 7.59. The van der Waals surface area contributed by atoms with Gasteiger partial charge in [-0.3, -0.25) is 19.3 Å². The molecule has 3 N–H and O–H groups in total. The predicted octanol–water partition coefficient (Wildman–Crippen LogP) is 1.72. The molecule has 0 unspecified atom stereocenters. The van der Waals surface area contributed by atoms with Gasteiger partial charge < -0.3 is 30.3 Å². The first-order valence-electron chi connectivity index (χ1n) is 13.8. The van der Waals surface area contributed by atoms with E-state index in [1.807, 2.05) is 24.3 Å². The molecule has 2 fully saturated rings. The molecule has 3 heterocycles. The highest BCUT2D eigenvalue weighted by Crippen LogP contribution is 2.33. The van der Waals surface area contributed by atoms with Gasteiger partial charge in [-0.25, -0.2) is 4.79 Å². The first-order chi connectivity index (χ1) is 18.5. The van der Waals surface area contributed by atoms with Crippen molar-refractivity contribution in [2.24, 2.45) is 0 Å². The summed E-state index contributed by atoms with van der Waals surface area (Å²) in [4.78, 5) is 55.8. The SMILES string of the molecule is C[C@@H](C(=O)N[C@H]1CNCC[C@H]2CC[C@@H](C(=O)N[C@@H]3CCOc4ccccc43)N2C1=O)N(C)C(=O)OC(C)(C)C. The molecule has 0 aliphatic carbocycles. The van der Waals surface area contributed by atoms with Gasteiger partial charge in [-0.1, -0.05) is 18.2 Å².